The van der Waals surface area contributed by atoms with Crippen molar-refractivity contribution in [2.75, 3.05) is 13.2 Å². The second-order valence-electron chi connectivity index (χ2n) is 2.98. The van der Waals surface area contributed by atoms with Crippen LogP contribution in [0.25, 0.3) is 0 Å². The molecule has 0 bridgehead atoms. The highest BCUT2D eigenvalue weighted by molar-refractivity contribution is 5.66. The van der Waals surface area contributed by atoms with E-state index in [1.807, 2.05) is 6.42 Å². The third-order valence-electron chi connectivity index (χ3n) is 2.08. The number of ether oxygens (including phenoxy) is 3. The molecule has 4 heteroatoms. The Morgan fingerprint density at radius 2 is 2.42 bits per heavy atom. The highest BCUT2D eigenvalue weighted by Crippen LogP contribution is 2.27. The van der Waals surface area contributed by atoms with Gasteiger partial charge in [-0.3, -0.25) is 4.79 Å². The molecule has 0 aromatic rings. The quantitative estimate of drug-likeness (QED) is 0.518. The second kappa shape index (κ2) is 3.03. The van der Waals surface area contributed by atoms with Gasteiger partial charge in [-0.05, 0) is 0 Å². The zero-order chi connectivity index (χ0) is 8.55. The Morgan fingerprint density at radius 1 is 1.58 bits per heavy atom. The molecule has 2 aliphatic heterocycles. The van der Waals surface area contributed by atoms with Crippen LogP contribution in [0, 0.1) is 6.42 Å². The van der Waals surface area contributed by atoms with Gasteiger partial charge in [0, 0.05) is 13.3 Å². The molecule has 2 fully saturated rings. The second-order valence-corrected chi connectivity index (χ2v) is 2.98. The van der Waals surface area contributed by atoms with Crippen molar-refractivity contribution in [2.24, 2.45) is 0 Å². The first kappa shape index (κ1) is 8.01. The molecule has 0 unspecified atom stereocenters. The largest absolute Gasteiger partial charge is 0.457 e. The van der Waals surface area contributed by atoms with E-state index in [1.54, 1.807) is 0 Å². The van der Waals surface area contributed by atoms with Crippen molar-refractivity contribution < 1.29 is 19.0 Å². The normalized spacial score (nSPS) is 39.6. The molecule has 1 radical (unpaired) electrons. The molecule has 4 nitrogen and oxygen atoms in total. The molecule has 0 aliphatic carbocycles. The van der Waals surface area contributed by atoms with Crippen LogP contribution in [-0.4, -0.2) is 37.5 Å². The standard InChI is InChI=1S/C8H11O4/c1-5(9)12-7-4-11-6-2-3-10-8(6)7/h2,6-8H,3-4H2,1H3/t6-,7+,8-/m1/s1. The lowest BCUT2D eigenvalue weighted by molar-refractivity contribution is -0.150. The van der Waals surface area contributed by atoms with Gasteiger partial charge >= 0.3 is 5.97 Å². The predicted octanol–water partition coefficient (Wildman–Crippen LogP) is -0.0800. The summed E-state index contributed by atoms with van der Waals surface area (Å²) < 4.78 is 15.7. The Bertz CT molecular complexity index is 191. The SMILES string of the molecule is CC(=O)O[C@H]1CO[C@@H]2[CH]CO[C@@H]12. The van der Waals surface area contributed by atoms with Gasteiger partial charge in [0.1, 0.15) is 6.10 Å². The van der Waals surface area contributed by atoms with Crippen molar-refractivity contribution in [2.45, 2.75) is 25.2 Å². The van der Waals surface area contributed by atoms with Gasteiger partial charge < -0.3 is 14.2 Å². The smallest absolute Gasteiger partial charge is 0.303 e. The van der Waals surface area contributed by atoms with Crippen molar-refractivity contribution in [3.05, 3.63) is 6.42 Å². The highest BCUT2D eigenvalue weighted by Gasteiger charge is 2.43. The minimum absolute atomic E-state index is 0.0225. The highest BCUT2D eigenvalue weighted by atomic mass is 16.6. The van der Waals surface area contributed by atoms with Crippen LogP contribution in [0.1, 0.15) is 6.92 Å². The topological polar surface area (TPSA) is 44.8 Å². The van der Waals surface area contributed by atoms with Crippen LogP contribution in [0.5, 0.6) is 0 Å². The van der Waals surface area contributed by atoms with Crippen molar-refractivity contribution >= 4 is 5.97 Å². The first-order valence-electron chi connectivity index (χ1n) is 4.01. The van der Waals surface area contributed by atoms with E-state index in [0.717, 1.165) is 0 Å². The molecule has 0 aromatic carbocycles. The van der Waals surface area contributed by atoms with E-state index in [-0.39, 0.29) is 24.3 Å². The van der Waals surface area contributed by atoms with Crippen molar-refractivity contribution in [1.82, 2.24) is 0 Å². The molecule has 0 amide bonds. The van der Waals surface area contributed by atoms with Crippen LogP contribution in [0.3, 0.4) is 0 Å². The first-order valence-corrected chi connectivity index (χ1v) is 4.01. The molecule has 0 saturated carbocycles. The Morgan fingerprint density at radius 3 is 3.17 bits per heavy atom. The van der Waals surface area contributed by atoms with Gasteiger partial charge in [0.05, 0.1) is 19.3 Å². The number of esters is 1. The fourth-order valence-electron chi connectivity index (χ4n) is 1.59. The third kappa shape index (κ3) is 1.32. The molecular weight excluding hydrogens is 160 g/mol. The Labute approximate surface area is 70.8 Å². The fraction of sp³-hybridized carbons (Fsp3) is 0.750. The number of carbonyl (C=O) groups excluding carboxylic acids is 1. The lowest BCUT2D eigenvalue weighted by Crippen LogP contribution is -2.31. The third-order valence-corrected chi connectivity index (χ3v) is 2.08. The fourth-order valence-corrected chi connectivity index (χ4v) is 1.59. The van der Waals surface area contributed by atoms with E-state index in [9.17, 15) is 4.79 Å². The van der Waals surface area contributed by atoms with Crippen LogP contribution in [0.15, 0.2) is 0 Å². The van der Waals surface area contributed by atoms with E-state index in [0.29, 0.717) is 13.2 Å². The maximum atomic E-state index is 10.6. The average Bonchev–Trinajstić information content (AvgIpc) is 2.52. The molecule has 0 spiro atoms. The van der Waals surface area contributed by atoms with Gasteiger partial charge in [-0.1, -0.05) is 0 Å². The number of rotatable bonds is 1. The number of hydrogen-bond acceptors (Lipinski definition) is 4. The molecule has 67 valence electrons. The van der Waals surface area contributed by atoms with Crippen LogP contribution in [-0.2, 0) is 19.0 Å². The minimum atomic E-state index is -0.278. The van der Waals surface area contributed by atoms with Crippen molar-refractivity contribution in [1.29, 1.82) is 0 Å². The summed E-state index contributed by atoms with van der Waals surface area (Å²) in [5.74, 6) is -0.278. The van der Waals surface area contributed by atoms with E-state index < -0.39 is 0 Å². The Kier molecular flexibility index (Phi) is 2.02. The van der Waals surface area contributed by atoms with Gasteiger partial charge in [0.2, 0.25) is 0 Å². The molecular formula is C8H11O4. The van der Waals surface area contributed by atoms with E-state index in [2.05, 4.69) is 0 Å². The molecule has 0 aromatic heterocycles. The summed E-state index contributed by atoms with van der Waals surface area (Å²) in [4.78, 5) is 10.6. The molecule has 2 heterocycles. The average molecular weight is 171 g/mol. The summed E-state index contributed by atoms with van der Waals surface area (Å²) in [5, 5.41) is 0. The Hall–Kier alpha value is -0.610. The number of carbonyl (C=O) groups is 1. The molecule has 2 rings (SSSR count). The summed E-state index contributed by atoms with van der Waals surface area (Å²) in [6.45, 7) is 2.44. The predicted molar refractivity (Wildman–Crippen MR) is 39.3 cm³/mol. The van der Waals surface area contributed by atoms with Crippen LogP contribution in [0.4, 0.5) is 0 Å². The number of fused-ring (bicyclic) bond motifs is 1. The maximum Gasteiger partial charge on any atom is 0.303 e. The lowest BCUT2D eigenvalue weighted by Gasteiger charge is -2.14. The van der Waals surface area contributed by atoms with Crippen molar-refractivity contribution in [3.8, 4) is 0 Å². The Balaban J connectivity index is 1.95. The van der Waals surface area contributed by atoms with E-state index in [1.165, 1.54) is 6.92 Å². The van der Waals surface area contributed by atoms with Gasteiger partial charge in [-0.2, -0.15) is 0 Å². The first-order chi connectivity index (χ1) is 5.77. The number of hydrogen-bond donors (Lipinski definition) is 0. The van der Waals surface area contributed by atoms with E-state index in [4.69, 9.17) is 14.2 Å². The molecule has 12 heavy (non-hydrogen) atoms. The molecule has 3 atom stereocenters. The maximum absolute atomic E-state index is 10.6. The zero-order valence-electron chi connectivity index (χ0n) is 6.86. The van der Waals surface area contributed by atoms with E-state index >= 15 is 0 Å². The van der Waals surface area contributed by atoms with Crippen molar-refractivity contribution in [3.63, 3.8) is 0 Å². The van der Waals surface area contributed by atoms with Gasteiger partial charge in [0.15, 0.2) is 6.10 Å². The zero-order valence-corrected chi connectivity index (χ0v) is 6.86. The van der Waals surface area contributed by atoms with Gasteiger partial charge in [-0.25, -0.2) is 0 Å². The van der Waals surface area contributed by atoms with Crippen LogP contribution in [0.2, 0.25) is 0 Å². The summed E-state index contributed by atoms with van der Waals surface area (Å²) in [7, 11) is 0. The lowest BCUT2D eigenvalue weighted by atomic mass is 10.1. The monoisotopic (exact) mass is 171 g/mol. The summed E-state index contributed by atoms with van der Waals surface area (Å²) in [6.07, 6.45) is 1.68. The summed E-state index contributed by atoms with van der Waals surface area (Å²) >= 11 is 0. The van der Waals surface area contributed by atoms with Crippen LogP contribution >= 0.6 is 0 Å². The van der Waals surface area contributed by atoms with Crippen LogP contribution < -0.4 is 0 Å². The molecule has 0 N–H and O–H groups in total. The van der Waals surface area contributed by atoms with Gasteiger partial charge in [-0.15, -0.1) is 0 Å². The molecule has 2 aliphatic rings. The minimum Gasteiger partial charge on any atom is -0.457 e. The van der Waals surface area contributed by atoms with Gasteiger partial charge in [0.25, 0.3) is 0 Å². The summed E-state index contributed by atoms with van der Waals surface area (Å²) in [6, 6.07) is 0. The summed E-state index contributed by atoms with van der Waals surface area (Å²) in [5.41, 5.74) is 0. The molecule has 2 saturated heterocycles.